The maximum absolute atomic E-state index is 2.00. The van der Waals surface area contributed by atoms with E-state index >= 15 is 0 Å². The first kappa shape index (κ1) is 15.9. The summed E-state index contributed by atoms with van der Waals surface area (Å²) in [6, 6.07) is 0. The Hall–Kier alpha value is 2.73. The normalized spacial score (nSPS) is 1.00. The predicted molar refractivity (Wildman–Crippen MR) is 0 cm³/mol. The number of hydrogen-bond acceptors (Lipinski definition) is 0. The van der Waals surface area contributed by atoms with Crippen LogP contribution >= 0.6 is 0 Å². The molecule has 0 aliphatic rings. The Kier molecular flexibility index (Phi) is 68.3. The molecule has 0 bridgehead atoms. The summed E-state index contributed by atoms with van der Waals surface area (Å²) in [5.41, 5.74) is 0. The molecule has 0 nitrogen and oxygen atoms in total. The van der Waals surface area contributed by atoms with Crippen LogP contribution in [-0.2, 0) is 74.7 Å². The Labute approximate surface area is 73.4 Å². The van der Waals surface area contributed by atoms with Crippen LogP contribution in [-0.4, -0.2) is 0 Å². The third kappa shape index (κ3) is 8.83. The molecule has 20 valence electrons. The van der Waals surface area contributed by atoms with Crippen LogP contribution in [0, 0.1) is 0 Å². The minimum Gasteiger partial charge on any atom is 0 e. The van der Waals surface area contributed by atoms with Crippen LogP contribution in [0.2, 0.25) is 0 Å². The van der Waals surface area contributed by atoms with Crippen LogP contribution < -0.4 is 0 Å². The molecule has 0 N–H and O–H groups in total. The van der Waals surface area contributed by atoms with Crippen molar-refractivity contribution in [2.75, 3.05) is 0 Å². The van der Waals surface area contributed by atoms with Crippen molar-refractivity contribution in [2.45, 2.75) is 0 Å². The molecule has 0 aliphatic carbocycles. The standard InChI is InChI=1S/Mo.Nb.Ti.V. The summed E-state index contributed by atoms with van der Waals surface area (Å²) in [5.74, 6) is 0. The molecule has 0 rings (SSSR count). The Bertz CT molecular complexity index is 8.00. The molecular weight excluding hydrogens is 288 g/mol. The minimum atomic E-state index is 0. The fourth-order valence-corrected chi connectivity index (χ4v) is 0. The Morgan fingerprint density at radius 1 is 1.25 bits per heavy atom. The van der Waals surface area contributed by atoms with Crippen molar-refractivity contribution in [2.24, 2.45) is 0 Å². The van der Waals surface area contributed by atoms with Gasteiger partial charge < -0.3 is 0 Å². The summed E-state index contributed by atoms with van der Waals surface area (Å²) in [4.78, 5) is 0. The summed E-state index contributed by atoms with van der Waals surface area (Å²) < 4.78 is 0. The summed E-state index contributed by atoms with van der Waals surface area (Å²) in [6.07, 6.45) is 0. The smallest absolute Gasteiger partial charge is 0 e. The molecule has 0 saturated carbocycles. The van der Waals surface area contributed by atoms with Crippen molar-refractivity contribution in [3.05, 3.63) is 0 Å². The average molecular weight is 288 g/mol. The molecule has 0 amide bonds. The monoisotopic (exact) mass is 290 g/mol. The van der Waals surface area contributed by atoms with Crippen LogP contribution in [0.15, 0.2) is 0 Å². The second-order valence-electron chi connectivity index (χ2n) is 0. The van der Waals surface area contributed by atoms with Gasteiger partial charge in [-0.05, 0) is 0 Å². The maximum atomic E-state index is 2.00. The second-order valence-corrected chi connectivity index (χ2v) is 0. The summed E-state index contributed by atoms with van der Waals surface area (Å²) in [6.45, 7) is 0. The first-order chi connectivity index (χ1) is 1.00. The van der Waals surface area contributed by atoms with Gasteiger partial charge in [-0.3, -0.25) is 0 Å². The van der Waals surface area contributed by atoms with E-state index in [-0.39, 0.29) is 40.3 Å². The molecule has 0 spiro atoms. The van der Waals surface area contributed by atoms with E-state index in [1.54, 1.807) is 18.0 Å². The van der Waals surface area contributed by atoms with E-state index in [9.17, 15) is 0 Å². The Morgan fingerprint density at radius 2 is 1.25 bits per heavy atom. The quantitative estimate of drug-likeness (QED) is 0.550. The molecule has 0 aromatic rings. The fraction of sp³-hybridized carbons (Fsp3) is 0. The van der Waals surface area contributed by atoms with Gasteiger partial charge in [-0.15, -0.1) is 0 Å². The zero-order valence-corrected chi connectivity index (χ0v) is 8.97. The molecule has 1 radical (unpaired) electrons. The third-order valence-electron chi connectivity index (χ3n) is 0. The fourth-order valence-electron chi connectivity index (χ4n) is 0. The largest absolute Gasteiger partial charge is 0 e. The summed E-state index contributed by atoms with van der Waals surface area (Å²) in [7, 11) is 0. The average Bonchev–Trinajstić information content (AvgIpc) is 1.00. The van der Waals surface area contributed by atoms with E-state index in [0.29, 0.717) is 0 Å². The van der Waals surface area contributed by atoms with Gasteiger partial charge in [0.05, 0.1) is 0 Å². The van der Waals surface area contributed by atoms with E-state index in [4.69, 9.17) is 0 Å². The minimum absolute atomic E-state index is 0. The molecule has 4 heteroatoms. The van der Waals surface area contributed by atoms with E-state index in [0.717, 1.165) is 0 Å². The first-order valence-corrected chi connectivity index (χ1v) is 6.39. The molecule has 0 fully saturated rings. The SMILES string of the molecule is [Nb][Mo].[Ti].[V]. The molecule has 0 saturated heterocycles. The summed E-state index contributed by atoms with van der Waals surface area (Å²) >= 11 is 3.76. The van der Waals surface area contributed by atoms with Gasteiger partial charge in [0.25, 0.3) is 0 Å². The molecule has 0 heterocycles. The van der Waals surface area contributed by atoms with Crippen molar-refractivity contribution < 1.29 is 74.7 Å². The molecule has 0 aliphatic heterocycles. The summed E-state index contributed by atoms with van der Waals surface area (Å²) in [5, 5.41) is 0. The second kappa shape index (κ2) is 17.2. The van der Waals surface area contributed by atoms with Gasteiger partial charge in [-0.25, -0.2) is 0 Å². The third-order valence-corrected chi connectivity index (χ3v) is 0. The van der Waals surface area contributed by atoms with Crippen LogP contribution in [0.1, 0.15) is 0 Å². The number of hydrogen-bond donors (Lipinski definition) is 0. The Morgan fingerprint density at radius 3 is 1.25 bits per heavy atom. The zero-order valence-electron chi connectivity index (χ0n) is 1.80. The van der Waals surface area contributed by atoms with E-state index < -0.39 is 0 Å². The van der Waals surface area contributed by atoms with Crippen LogP contribution in [0.3, 0.4) is 0 Å². The van der Waals surface area contributed by atoms with Gasteiger partial charge in [0, 0.05) is 40.3 Å². The molecule has 0 atom stereocenters. The Balaban J connectivity index is -0.00000000500. The van der Waals surface area contributed by atoms with Crippen molar-refractivity contribution >= 4 is 0 Å². The van der Waals surface area contributed by atoms with Crippen LogP contribution in [0.5, 0.6) is 0 Å². The van der Waals surface area contributed by atoms with Crippen LogP contribution in [0.4, 0.5) is 0 Å². The van der Waals surface area contributed by atoms with Gasteiger partial charge >= 0.3 is 34.5 Å². The van der Waals surface area contributed by atoms with Crippen molar-refractivity contribution in [3.63, 3.8) is 0 Å². The molecule has 0 unspecified atom stereocenters. The predicted octanol–water partition coefficient (Wildman–Crippen LogP) is -0.0100. The van der Waals surface area contributed by atoms with Gasteiger partial charge in [0.1, 0.15) is 0 Å². The van der Waals surface area contributed by atoms with E-state index in [2.05, 4.69) is 0 Å². The van der Waals surface area contributed by atoms with E-state index in [1.165, 1.54) is 0 Å². The molecule has 0 aromatic carbocycles. The maximum Gasteiger partial charge on any atom is 0 e. The molecular formula is MoNbTiV. The molecule has 4 heavy (non-hydrogen) atoms. The van der Waals surface area contributed by atoms with Gasteiger partial charge in [-0.2, -0.15) is 0 Å². The van der Waals surface area contributed by atoms with Crippen LogP contribution in [0.25, 0.3) is 0 Å². The first-order valence-electron chi connectivity index (χ1n) is 0.183. The van der Waals surface area contributed by atoms with Crippen molar-refractivity contribution in [1.82, 2.24) is 0 Å². The topological polar surface area (TPSA) is 0 Å². The zero-order chi connectivity index (χ0) is 2.00. The van der Waals surface area contributed by atoms with Gasteiger partial charge in [0.2, 0.25) is 0 Å². The van der Waals surface area contributed by atoms with Crippen molar-refractivity contribution in [1.29, 1.82) is 0 Å². The van der Waals surface area contributed by atoms with E-state index in [1.807, 2.05) is 16.5 Å². The molecule has 0 aromatic heterocycles. The van der Waals surface area contributed by atoms with Crippen molar-refractivity contribution in [3.8, 4) is 0 Å². The van der Waals surface area contributed by atoms with Gasteiger partial charge in [0.15, 0.2) is 0 Å². The van der Waals surface area contributed by atoms with Gasteiger partial charge in [-0.1, -0.05) is 0 Å². The number of rotatable bonds is 0.